The van der Waals surface area contributed by atoms with E-state index in [0.29, 0.717) is 19.4 Å². The molecule has 6 nitrogen and oxygen atoms in total. The molecule has 0 aliphatic rings. The monoisotopic (exact) mass is 358 g/mol. The van der Waals surface area contributed by atoms with Crippen molar-refractivity contribution in [1.29, 1.82) is 0 Å². The van der Waals surface area contributed by atoms with Crippen LogP contribution in [0.3, 0.4) is 0 Å². The number of carboxylic acid groups (broad SMARTS) is 1. The highest BCUT2D eigenvalue weighted by atomic mass is 79.9. The average molecular weight is 359 g/mol. The molecule has 0 saturated heterocycles. The molecule has 0 bridgehead atoms. The first kappa shape index (κ1) is 17.4. The minimum atomic E-state index is -0.806. The smallest absolute Gasteiger partial charge is 0.303 e. The van der Waals surface area contributed by atoms with Crippen LogP contribution in [0, 0.1) is 5.92 Å². The van der Waals surface area contributed by atoms with E-state index in [1.165, 1.54) is 10.6 Å². The Kier molecular flexibility index (Phi) is 7.14. The maximum Gasteiger partial charge on any atom is 0.303 e. The van der Waals surface area contributed by atoms with Crippen molar-refractivity contribution in [1.82, 2.24) is 9.88 Å². The van der Waals surface area contributed by atoms with Crippen molar-refractivity contribution in [2.75, 3.05) is 6.54 Å². The summed E-state index contributed by atoms with van der Waals surface area (Å²) in [5.41, 5.74) is -0.233. The zero-order valence-corrected chi connectivity index (χ0v) is 13.4. The predicted molar refractivity (Wildman–Crippen MR) is 82.1 cm³/mol. The van der Waals surface area contributed by atoms with Gasteiger partial charge in [-0.3, -0.25) is 14.4 Å². The molecule has 21 heavy (non-hydrogen) atoms. The molecule has 1 rings (SSSR count). The summed E-state index contributed by atoms with van der Waals surface area (Å²) in [7, 11) is 0. The zero-order valence-electron chi connectivity index (χ0n) is 11.8. The standard InChI is InChI=1S/C14H19BrN2O4/c1-10(2-5-14(20)21)6-7-16-12(18)9-17-8-11(15)3-4-13(17)19/h3-4,8,10H,2,5-7,9H2,1H3,(H,16,18)(H,20,21). The lowest BCUT2D eigenvalue weighted by molar-refractivity contribution is -0.137. The highest BCUT2D eigenvalue weighted by Crippen LogP contribution is 2.09. The van der Waals surface area contributed by atoms with Gasteiger partial charge in [0.15, 0.2) is 0 Å². The molecule has 0 aliphatic carbocycles. The molecule has 1 heterocycles. The number of carboxylic acids is 1. The largest absolute Gasteiger partial charge is 0.481 e. The minimum Gasteiger partial charge on any atom is -0.481 e. The van der Waals surface area contributed by atoms with Crippen LogP contribution in [0.4, 0.5) is 0 Å². The van der Waals surface area contributed by atoms with E-state index in [9.17, 15) is 14.4 Å². The number of nitrogens with one attached hydrogen (secondary N) is 1. The molecule has 0 aromatic carbocycles. The Morgan fingerprint density at radius 2 is 2.10 bits per heavy atom. The van der Waals surface area contributed by atoms with E-state index in [1.54, 1.807) is 12.3 Å². The first-order valence-corrected chi connectivity index (χ1v) is 7.52. The van der Waals surface area contributed by atoms with E-state index < -0.39 is 5.97 Å². The van der Waals surface area contributed by atoms with E-state index in [-0.39, 0.29) is 30.3 Å². The van der Waals surface area contributed by atoms with Gasteiger partial charge in [-0.2, -0.15) is 0 Å². The summed E-state index contributed by atoms with van der Waals surface area (Å²) in [6.07, 6.45) is 3.02. The van der Waals surface area contributed by atoms with Crippen LogP contribution in [-0.4, -0.2) is 28.1 Å². The fraction of sp³-hybridized carbons (Fsp3) is 0.500. The molecule has 0 spiro atoms. The summed E-state index contributed by atoms with van der Waals surface area (Å²) in [6, 6.07) is 3.02. The topological polar surface area (TPSA) is 88.4 Å². The number of carbonyl (C=O) groups is 2. The molecule has 0 aliphatic heterocycles. The number of nitrogens with zero attached hydrogens (tertiary/aromatic N) is 1. The van der Waals surface area contributed by atoms with Crippen molar-refractivity contribution in [2.24, 2.45) is 5.92 Å². The van der Waals surface area contributed by atoms with Gasteiger partial charge >= 0.3 is 5.97 Å². The van der Waals surface area contributed by atoms with E-state index in [0.717, 1.165) is 4.47 Å². The lowest BCUT2D eigenvalue weighted by Crippen LogP contribution is -2.32. The first-order chi connectivity index (χ1) is 9.88. The second-order valence-electron chi connectivity index (χ2n) is 4.99. The van der Waals surface area contributed by atoms with Crippen LogP contribution in [0.15, 0.2) is 27.6 Å². The maximum atomic E-state index is 11.7. The first-order valence-electron chi connectivity index (χ1n) is 6.73. The molecule has 0 fully saturated rings. The Balaban J connectivity index is 2.33. The lowest BCUT2D eigenvalue weighted by Gasteiger charge is -2.11. The van der Waals surface area contributed by atoms with Gasteiger partial charge < -0.3 is 15.0 Å². The molecule has 0 saturated carbocycles. The molecule has 2 N–H and O–H groups in total. The number of halogens is 1. The normalized spacial score (nSPS) is 11.9. The molecule has 1 unspecified atom stereocenters. The zero-order chi connectivity index (χ0) is 15.8. The third kappa shape index (κ3) is 7.08. The number of rotatable bonds is 8. The van der Waals surface area contributed by atoms with Gasteiger partial charge in [0.05, 0.1) is 0 Å². The van der Waals surface area contributed by atoms with E-state index in [4.69, 9.17) is 5.11 Å². The van der Waals surface area contributed by atoms with Crippen LogP contribution in [0.2, 0.25) is 0 Å². The van der Waals surface area contributed by atoms with Gasteiger partial charge in [-0.15, -0.1) is 0 Å². The highest BCUT2D eigenvalue weighted by molar-refractivity contribution is 9.10. The van der Waals surface area contributed by atoms with Crippen molar-refractivity contribution in [2.45, 2.75) is 32.7 Å². The fourth-order valence-electron chi connectivity index (χ4n) is 1.81. The summed E-state index contributed by atoms with van der Waals surface area (Å²) in [5, 5.41) is 11.3. The lowest BCUT2D eigenvalue weighted by atomic mass is 10.0. The molecular formula is C14H19BrN2O4. The SMILES string of the molecule is CC(CCNC(=O)Cn1cc(Br)ccc1=O)CCC(=O)O. The van der Waals surface area contributed by atoms with Crippen LogP contribution in [0.1, 0.15) is 26.2 Å². The number of hydrogen-bond acceptors (Lipinski definition) is 3. The molecule has 7 heteroatoms. The average Bonchev–Trinajstić information content (AvgIpc) is 2.40. The van der Waals surface area contributed by atoms with E-state index >= 15 is 0 Å². The second-order valence-corrected chi connectivity index (χ2v) is 5.91. The molecule has 1 aromatic rings. The maximum absolute atomic E-state index is 11.7. The van der Waals surface area contributed by atoms with Gasteiger partial charge in [0.1, 0.15) is 6.54 Å². The molecular weight excluding hydrogens is 340 g/mol. The van der Waals surface area contributed by atoms with E-state index in [1.807, 2.05) is 6.92 Å². The van der Waals surface area contributed by atoms with Crippen molar-refractivity contribution < 1.29 is 14.7 Å². The van der Waals surface area contributed by atoms with Crippen LogP contribution in [0.5, 0.6) is 0 Å². The summed E-state index contributed by atoms with van der Waals surface area (Å²) in [4.78, 5) is 33.7. The molecule has 1 aromatic heterocycles. The summed E-state index contributed by atoms with van der Waals surface area (Å²) < 4.78 is 2.06. The fourth-order valence-corrected chi connectivity index (χ4v) is 2.19. The Morgan fingerprint density at radius 3 is 2.76 bits per heavy atom. The van der Waals surface area contributed by atoms with Gasteiger partial charge in [-0.25, -0.2) is 0 Å². The third-order valence-electron chi connectivity index (χ3n) is 3.07. The number of aliphatic carboxylic acids is 1. The summed E-state index contributed by atoms with van der Waals surface area (Å²) in [6.45, 7) is 2.40. The van der Waals surface area contributed by atoms with E-state index in [2.05, 4.69) is 21.2 Å². The van der Waals surface area contributed by atoms with Gasteiger partial charge in [0, 0.05) is 29.7 Å². The Hall–Kier alpha value is -1.63. The van der Waals surface area contributed by atoms with Crippen LogP contribution < -0.4 is 10.9 Å². The minimum absolute atomic E-state index is 0.0260. The summed E-state index contributed by atoms with van der Waals surface area (Å²) >= 11 is 3.25. The van der Waals surface area contributed by atoms with Gasteiger partial charge in [-0.1, -0.05) is 6.92 Å². The second kappa shape index (κ2) is 8.61. The Labute approximate surface area is 131 Å². The van der Waals surface area contributed by atoms with Crippen molar-refractivity contribution in [3.8, 4) is 0 Å². The predicted octanol–water partition coefficient (Wildman–Crippen LogP) is 1.62. The molecule has 1 atom stereocenters. The van der Waals surface area contributed by atoms with Gasteiger partial charge in [-0.05, 0) is 40.8 Å². The molecule has 1 amide bonds. The molecule has 0 radical (unpaired) electrons. The number of carbonyl (C=O) groups excluding carboxylic acids is 1. The number of aromatic nitrogens is 1. The van der Waals surface area contributed by atoms with Crippen molar-refractivity contribution in [3.63, 3.8) is 0 Å². The molecule has 116 valence electrons. The third-order valence-corrected chi connectivity index (χ3v) is 3.54. The van der Waals surface area contributed by atoms with Crippen LogP contribution in [-0.2, 0) is 16.1 Å². The van der Waals surface area contributed by atoms with Gasteiger partial charge in [0.25, 0.3) is 5.56 Å². The van der Waals surface area contributed by atoms with Crippen molar-refractivity contribution in [3.05, 3.63) is 33.2 Å². The Morgan fingerprint density at radius 1 is 1.38 bits per heavy atom. The highest BCUT2D eigenvalue weighted by Gasteiger charge is 2.08. The summed E-state index contributed by atoms with van der Waals surface area (Å²) in [5.74, 6) is -0.810. The quantitative estimate of drug-likeness (QED) is 0.738. The van der Waals surface area contributed by atoms with Crippen molar-refractivity contribution >= 4 is 27.8 Å². The van der Waals surface area contributed by atoms with Crippen LogP contribution in [0.25, 0.3) is 0 Å². The number of pyridine rings is 1. The van der Waals surface area contributed by atoms with Crippen LogP contribution >= 0.6 is 15.9 Å². The number of amides is 1. The number of hydrogen-bond donors (Lipinski definition) is 2. The van der Waals surface area contributed by atoms with Gasteiger partial charge in [0.2, 0.25) is 5.91 Å². The Bertz CT molecular complexity index is 556.